The minimum Gasteiger partial charge on any atom is -0.487 e. The highest BCUT2D eigenvalue weighted by Crippen LogP contribution is 2.33. The molecule has 9 nitrogen and oxygen atoms in total. The highest BCUT2D eigenvalue weighted by Gasteiger charge is 2.32. The molecule has 1 amide bonds. The van der Waals surface area contributed by atoms with Gasteiger partial charge in [-0.1, -0.05) is 30.9 Å². The number of nitrogens with one attached hydrogen (secondary N) is 3. The van der Waals surface area contributed by atoms with E-state index >= 15 is 0 Å². The van der Waals surface area contributed by atoms with Crippen molar-refractivity contribution in [2.75, 3.05) is 19.8 Å². The van der Waals surface area contributed by atoms with E-state index < -0.39 is 17.9 Å². The van der Waals surface area contributed by atoms with Crippen molar-refractivity contribution < 1.29 is 23.8 Å². The first kappa shape index (κ1) is 29.8. The van der Waals surface area contributed by atoms with Gasteiger partial charge < -0.3 is 24.8 Å². The molecule has 0 radical (unpaired) electrons. The molecule has 0 fully saturated rings. The van der Waals surface area contributed by atoms with Gasteiger partial charge in [0, 0.05) is 11.3 Å². The second-order valence-corrected chi connectivity index (χ2v) is 10.6. The van der Waals surface area contributed by atoms with Crippen LogP contribution in [0.2, 0.25) is 0 Å². The molecule has 200 valence electrons. The zero-order valence-corrected chi connectivity index (χ0v) is 25.8. The lowest BCUT2D eigenvalue weighted by atomic mass is 9.95. The second-order valence-electron chi connectivity index (χ2n) is 7.82. The zero-order valence-electron chi connectivity index (χ0n) is 20.7. The summed E-state index contributed by atoms with van der Waals surface area (Å²) in [4.78, 5) is 25.1. The predicted octanol–water partition coefficient (Wildman–Crippen LogP) is 4.35. The summed E-state index contributed by atoms with van der Waals surface area (Å²) in [6.07, 6.45) is 3.23. The van der Waals surface area contributed by atoms with Crippen molar-refractivity contribution in [2.24, 2.45) is 5.10 Å². The van der Waals surface area contributed by atoms with E-state index in [1.165, 1.54) is 0 Å². The Labute approximate surface area is 253 Å². The number of rotatable bonds is 11. The van der Waals surface area contributed by atoms with E-state index in [-0.39, 0.29) is 13.2 Å². The fourth-order valence-electron chi connectivity index (χ4n) is 3.55. The number of allylic oxidation sites excluding steroid dienone is 1. The Morgan fingerprint density at radius 3 is 2.61 bits per heavy atom. The number of carbonyl (C=O) groups excluding carboxylic acids is 2. The first-order chi connectivity index (χ1) is 18.2. The highest BCUT2D eigenvalue weighted by molar-refractivity contribution is 14.1. The number of thiocarbonyl (C=S) groups is 1. The van der Waals surface area contributed by atoms with Crippen LogP contribution in [0.15, 0.2) is 65.4 Å². The van der Waals surface area contributed by atoms with Gasteiger partial charge in [-0.05, 0) is 95.0 Å². The van der Waals surface area contributed by atoms with E-state index in [2.05, 4.69) is 72.9 Å². The van der Waals surface area contributed by atoms with Crippen molar-refractivity contribution in [1.82, 2.24) is 16.1 Å². The molecule has 0 saturated carbocycles. The van der Waals surface area contributed by atoms with Gasteiger partial charge >= 0.3 is 5.97 Å². The van der Waals surface area contributed by atoms with Crippen molar-refractivity contribution in [1.29, 1.82) is 0 Å². The number of halogens is 2. The molecule has 0 spiro atoms. The molecular weight excluding hydrogens is 734 g/mol. The Balaban J connectivity index is 1.68. The Hall–Kier alpha value is -2.72. The third-order valence-electron chi connectivity index (χ3n) is 5.12. The van der Waals surface area contributed by atoms with Gasteiger partial charge in [-0.3, -0.25) is 4.79 Å². The average molecular weight is 760 g/mol. The van der Waals surface area contributed by atoms with E-state index in [1.54, 1.807) is 44.3 Å². The number of para-hydroxylation sites is 1. The summed E-state index contributed by atoms with van der Waals surface area (Å²) in [6.45, 7) is 7.52. The van der Waals surface area contributed by atoms with E-state index in [0.717, 1.165) is 18.5 Å². The molecule has 0 saturated heterocycles. The molecule has 12 heteroatoms. The Morgan fingerprint density at radius 1 is 1.21 bits per heavy atom. The van der Waals surface area contributed by atoms with Gasteiger partial charge in [0.2, 0.25) is 0 Å². The van der Waals surface area contributed by atoms with Gasteiger partial charge in [-0.2, -0.15) is 5.10 Å². The van der Waals surface area contributed by atoms with Crippen LogP contribution in [0.4, 0.5) is 0 Å². The number of hydrogen-bond acceptors (Lipinski definition) is 7. The van der Waals surface area contributed by atoms with Crippen LogP contribution in [0.1, 0.15) is 31.0 Å². The Kier molecular flexibility index (Phi) is 11.3. The fraction of sp³-hybridized carbons (Fsp3) is 0.231. The molecule has 1 atom stereocenters. The number of hydrazone groups is 1. The lowest BCUT2D eigenvalue weighted by Gasteiger charge is -2.30. The number of hydrogen-bond donors (Lipinski definition) is 3. The van der Waals surface area contributed by atoms with E-state index in [1.807, 2.05) is 18.2 Å². The monoisotopic (exact) mass is 760 g/mol. The van der Waals surface area contributed by atoms with Crippen LogP contribution in [0.25, 0.3) is 0 Å². The summed E-state index contributed by atoms with van der Waals surface area (Å²) in [6, 6.07) is 10.3. The molecule has 2 aromatic rings. The molecular formula is C26H26I2N4O5S. The fourth-order valence-corrected chi connectivity index (χ4v) is 5.94. The largest absolute Gasteiger partial charge is 0.487 e. The van der Waals surface area contributed by atoms with Crippen LogP contribution in [-0.4, -0.2) is 43.0 Å². The minimum atomic E-state index is -0.608. The van der Waals surface area contributed by atoms with Crippen LogP contribution >= 0.6 is 57.4 Å². The van der Waals surface area contributed by atoms with Gasteiger partial charge in [-0.15, -0.1) is 0 Å². The Morgan fingerprint density at radius 2 is 1.92 bits per heavy atom. The average Bonchev–Trinajstić information content (AvgIpc) is 2.87. The number of amides is 1. The maximum atomic E-state index is 12.7. The van der Waals surface area contributed by atoms with E-state index in [9.17, 15) is 9.59 Å². The molecule has 1 aliphatic heterocycles. The summed E-state index contributed by atoms with van der Waals surface area (Å²) in [5, 5.41) is 10.5. The molecule has 3 N–H and O–H groups in total. The lowest BCUT2D eigenvalue weighted by molar-refractivity contribution is -0.139. The van der Waals surface area contributed by atoms with E-state index in [0.29, 0.717) is 34.3 Å². The standard InChI is InChI=1S/C26H26I2N4O5S/c1-4-10-36-24-18(27)11-16(12-19(24)28)13-29-32-21(33)14-37-20-9-7-6-8-17(20)23-22(25(34)35-5-2)15(3)30-26(38)31-23/h4,6-9,11-13,23H,1,5,10,14H2,2-3H3,(H,32,33)(H2,30,31,38)/t23-/m1/s1. The number of ether oxygens (including phenoxy) is 3. The first-order valence-electron chi connectivity index (χ1n) is 11.5. The van der Waals surface area contributed by atoms with Crippen LogP contribution in [0.5, 0.6) is 11.5 Å². The summed E-state index contributed by atoms with van der Waals surface area (Å²) in [7, 11) is 0. The van der Waals surface area contributed by atoms with Gasteiger partial charge in [-0.25, -0.2) is 10.2 Å². The van der Waals surface area contributed by atoms with Crippen LogP contribution in [0.3, 0.4) is 0 Å². The molecule has 38 heavy (non-hydrogen) atoms. The van der Waals surface area contributed by atoms with Gasteiger partial charge in [0.15, 0.2) is 11.7 Å². The summed E-state index contributed by atoms with van der Waals surface area (Å²) in [5.74, 6) is 0.281. The summed E-state index contributed by atoms with van der Waals surface area (Å²) < 4.78 is 18.6. The topological polar surface area (TPSA) is 110 Å². The molecule has 0 aromatic heterocycles. The Bertz CT molecular complexity index is 1280. The smallest absolute Gasteiger partial charge is 0.338 e. The number of nitrogens with zero attached hydrogens (tertiary/aromatic N) is 1. The van der Waals surface area contributed by atoms with Gasteiger partial charge in [0.05, 0.1) is 31.6 Å². The normalized spacial score (nSPS) is 14.9. The molecule has 3 rings (SSSR count). The summed E-state index contributed by atoms with van der Waals surface area (Å²) >= 11 is 9.68. The summed E-state index contributed by atoms with van der Waals surface area (Å²) in [5.41, 5.74) is 4.88. The first-order valence-corrected chi connectivity index (χ1v) is 14.0. The molecule has 0 aliphatic carbocycles. The van der Waals surface area contributed by atoms with Crippen molar-refractivity contribution in [3.63, 3.8) is 0 Å². The van der Waals surface area contributed by atoms with Crippen molar-refractivity contribution >= 4 is 80.6 Å². The van der Waals surface area contributed by atoms with Gasteiger partial charge in [0.25, 0.3) is 5.91 Å². The molecule has 0 unspecified atom stereocenters. The van der Waals surface area contributed by atoms with Gasteiger partial charge in [0.1, 0.15) is 18.1 Å². The number of esters is 1. The maximum absolute atomic E-state index is 12.7. The van der Waals surface area contributed by atoms with Crippen LogP contribution in [-0.2, 0) is 14.3 Å². The van der Waals surface area contributed by atoms with E-state index in [4.69, 9.17) is 26.4 Å². The quantitative estimate of drug-likeness (QED) is 0.0776. The third kappa shape index (κ3) is 7.89. The predicted molar refractivity (Wildman–Crippen MR) is 166 cm³/mol. The zero-order chi connectivity index (χ0) is 27.7. The minimum absolute atomic E-state index is 0.233. The maximum Gasteiger partial charge on any atom is 0.338 e. The molecule has 1 heterocycles. The number of carbonyl (C=O) groups is 2. The second kappa shape index (κ2) is 14.4. The molecule has 2 aromatic carbocycles. The van der Waals surface area contributed by atoms with Crippen LogP contribution in [0, 0.1) is 7.14 Å². The molecule has 0 bridgehead atoms. The third-order valence-corrected chi connectivity index (χ3v) is 6.94. The highest BCUT2D eigenvalue weighted by atomic mass is 127. The van der Waals surface area contributed by atoms with Crippen molar-refractivity contribution in [3.8, 4) is 11.5 Å². The van der Waals surface area contributed by atoms with Crippen molar-refractivity contribution in [3.05, 3.63) is 78.6 Å². The van der Waals surface area contributed by atoms with Crippen LogP contribution < -0.4 is 25.5 Å². The number of benzene rings is 2. The van der Waals surface area contributed by atoms with Crippen molar-refractivity contribution in [2.45, 2.75) is 19.9 Å². The SMILES string of the molecule is C=CCOc1c(I)cc(C=NNC(=O)COc2ccccc2[C@H]2NC(=S)NC(C)=C2C(=O)OCC)cc1I. The molecule has 1 aliphatic rings. The lowest BCUT2D eigenvalue weighted by Crippen LogP contribution is -2.45.